The highest BCUT2D eigenvalue weighted by molar-refractivity contribution is 6.01. The molecule has 0 radical (unpaired) electrons. The Balaban J connectivity index is 1.76. The standard InChI is InChI=1S/C21H20N2O2/c1-2-15(12-16-6-3-9-18(24)13-16)14-20(25)23-19-10-4-7-17-8-5-11-22-21(17)19/h3-13,24H,2,14H2,1H3,(H,23,25)/b15-12+. The molecule has 4 nitrogen and oxygen atoms in total. The summed E-state index contributed by atoms with van der Waals surface area (Å²) in [6, 6.07) is 16.6. The molecule has 3 rings (SSSR count). The molecule has 126 valence electrons. The quantitative estimate of drug-likeness (QED) is 0.708. The number of amides is 1. The molecule has 0 bridgehead atoms. The van der Waals surface area contributed by atoms with Crippen molar-refractivity contribution in [3.63, 3.8) is 0 Å². The highest BCUT2D eigenvalue weighted by Gasteiger charge is 2.08. The number of phenols is 1. The van der Waals surface area contributed by atoms with Crippen LogP contribution in [0.25, 0.3) is 17.0 Å². The van der Waals surface area contributed by atoms with E-state index in [2.05, 4.69) is 10.3 Å². The number of hydrogen-bond donors (Lipinski definition) is 2. The second-order valence-corrected chi connectivity index (χ2v) is 5.86. The lowest BCUT2D eigenvalue weighted by Gasteiger charge is -2.09. The van der Waals surface area contributed by atoms with Gasteiger partial charge >= 0.3 is 0 Å². The largest absolute Gasteiger partial charge is 0.508 e. The number of carbonyl (C=O) groups excluding carboxylic acids is 1. The zero-order valence-corrected chi connectivity index (χ0v) is 14.1. The van der Waals surface area contributed by atoms with Crippen molar-refractivity contribution >= 4 is 28.6 Å². The van der Waals surface area contributed by atoms with Gasteiger partial charge < -0.3 is 10.4 Å². The fourth-order valence-corrected chi connectivity index (χ4v) is 2.73. The average molecular weight is 332 g/mol. The molecule has 2 aromatic carbocycles. The zero-order chi connectivity index (χ0) is 17.6. The van der Waals surface area contributed by atoms with Crippen LogP contribution in [-0.4, -0.2) is 16.0 Å². The van der Waals surface area contributed by atoms with E-state index in [0.717, 1.165) is 34.1 Å². The first kappa shape index (κ1) is 16.7. The van der Waals surface area contributed by atoms with Crippen LogP contribution in [0.5, 0.6) is 5.75 Å². The summed E-state index contributed by atoms with van der Waals surface area (Å²) < 4.78 is 0. The number of anilines is 1. The number of phenolic OH excluding ortho intramolecular Hbond substituents is 1. The number of fused-ring (bicyclic) bond motifs is 1. The molecule has 0 aliphatic carbocycles. The summed E-state index contributed by atoms with van der Waals surface area (Å²) in [6.07, 6.45) is 4.73. The summed E-state index contributed by atoms with van der Waals surface area (Å²) in [4.78, 5) is 16.8. The van der Waals surface area contributed by atoms with Gasteiger partial charge in [-0.05, 0) is 36.2 Å². The van der Waals surface area contributed by atoms with E-state index in [0.29, 0.717) is 6.42 Å². The normalized spacial score (nSPS) is 11.5. The van der Waals surface area contributed by atoms with Crippen LogP contribution in [0.4, 0.5) is 5.69 Å². The summed E-state index contributed by atoms with van der Waals surface area (Å²) in [5.74, 6) is 0.141. The first-order valence-corrected chi connectivity index (χ1v) is 8.28. The molecule has 0 atom stereocenters. The van der Waals surface area contributed by atoms with Gasteiger partial charge in [-0.1, -0.05) is 48.9 Å². The van der Waals surface area contributed by atoms with Crippen molar-refractivity contribution in [1.82, 2.24) is 4.98 Å². The van der Waals surface area contributed by atoms with Gasteiger partial charge in [0.1, 0.15) is 5.75 Å². The Bertz CT molecular complexity index is 927. The SMILES string of the molecule is CC/C(=C\c1cccc(O)c1)CC(=O)Nc1cccc2cccnc12. The predicted molar refractivity (Wildman–Crippen MR) is 101 cm³/mol. The van der Waals surface area contributed by atoms with E-state index in [1.807, 2.05) is 49.4 Å². The van der Waals surface area contributed by atoms with Crippen molar-refractivity contribution in [2.45, 2.75) is 19.8 Å². The first-order chi connectivity index (χ1) is 12.2. The van der Waals surface area contributed by atoms with Gasteiger partial charge in [0.2, 0.25) is 5.91 Å². The molecule has 0 saturated heterocycles. The lowest BCUT2D eigenvalue weighted by molar-refractivity contribution is -0.115. The number of pyridine rings is 1. The van der Waals surface area contributed by atoms with Gasteiger partial charge in [0.15, 0.2) is 0 Å². The highest BCUT2D eigenvalue weighted by atomic mass is 16.3. The molecular formula is C21H20N2O2. The Morgan fingerprint density at radius 1 is 1.16 bits per heavy atom. The van der Waals surface area contributed by atoms with E-state index in [1.54, 1.807) is 24.4 Å². The van der Waals surface area contributed by atoms with Crippen LogP contribution in [0.1, 0.15) is 25.3 Å². The molecule has 0 aliphatic heterocycles. The molecule has 0 aliphatic rings. The lowest BCUT2D eigenvalue weighted by atomic mass is 10.0. The van der Waals surface area contributed by atoms with Gasteiger partial charge in [0.25, 0.3) is 0 Å². The molecule has 0 unspecified atom stereocenters. The van der Waals surface area contributed by atoms with Gasteiger partial charge in [-0.2, -0.15) is 0 Å². The lowest BCUT2D eigenvalue weighted by Crippen LogP contribution is -2.12. The van der Waals surface area contributed by atoms with Crippen molar-refractivity contribution in [3.8, 4) is 5.75 Å². The minimum atomic E-state index is -0.0774. The minimum Gasteiger partial charge on any atom is -0.508 e. The Labute approximate surface area is 146 Å². The third-order valence-corrected chi connectivity index (χ3v) is 3.99. The maximum atomic E-state index is 12.5. The van der Waals surface area contributed by atoms with Crippen LogP contribution in [0.15, 0.2) is 66.4 Å². The molecule has 1 heterocycles. The van der Waals surface area contributed by atoms with E-state index >= 15 is 0 Å². The summed E-state index contributed by atoms with van der Waals surface area (Å²) in [5.41, 5.74) is 3.39. The number of aromatic nitrogens is 1. The number of hydrogen-bond acceptors (Lipinski definition) is 3. The van der Waals surface area contributed by atoms with Gasteiger partial charge in [0.05, 0.1) is 11.2 Å². The molecule has 3 aromatic rings. The zero-order valence-electron chi connectivity index (χ0n) is 14.1. The Morgan fingerprint density at radius 2 is 1.96 bits per heavy atom. The third kappa shape index (κ3) is 4.23. The van der Waals surface area contributed by atoms with E-state index in [9.17, 15) is 9.90 Å². The summed E-state index contributed by atoms with van der Waals surface area (Å²) in [5, 5.41) is 13.5. The number of para-hydroxylation sites is 1. The number of nitrogens with one attached hydrogen (secondary N) is 1. The topological polar surface area (TPSA) is 62.2 Å². The van der Waals surface area contributed by atoms with Crippen LogP contribution in [0.2, 0.25) is 0 Å². The van der Waals surface area contributed by atoms with E-state index in [1.165, 1.54) is 0 Å². The van der Waals surface area contributed by atoms with Crippen molar-refractivity contribution < 1.29 is 9.90 Å². The summed E-state index contributed by atoms with van der Waals surface area (Å²) in [6.45, 7) is 2.02. The highest BCUT2D eigenvalue weighted by Crippen LogP contribution is 2.22. The summed E-state index contributed by atoms with van der Waals surface area (Å²) >= 11 is 0. The molecule has 0 spiro atoms. The maximum absolute atomic E-state index is 12.5. The molecular weight excluding hydrogens is 312 g/mol. The van der Waals surface area contributed by atoms with Gasteiger partial charge in [-0.15, -0.1) is 0 Å². The fraction of sp³-hybridized carbons (Fsp3) is 0.143. The van der Waals surface area contributed by atoms with Crippen LogP contribution >= 0.6 is 0 Å². The van der Waals surface area contributed by atoms with E-state index < -0.39 is 0 Å². The van der Waals surface area contributed by atoms with Crippen molar-refractivity contribution in [3.05, 3.63) is 71.9 Å². The molecule has 2 N–H and O–H groups in total. The minimum absolute atomic E-state index is 0.0774. The van der Waals surface area contributed by atoms with E-state index in [-0.39, 0.29) is 11.7 Å². The number of benzene rings is 2. The monoisotopic (exact) mass is 332 g/mol. The third-order valence-electron chi connectivity index (χ3n) is 3.99. The van der Waals surface area contributed by atoms with Crippen LogP contribution < -0.4 is 5.32 Å². The molecule has 0 saturated carbocycles. The first-order valence-electron chi connectivity index (χ1n) is 8.28. The smallest absolute Gasteiger partial charge is 0.228 e. The molecule has 4 heteroatoms. The van der Waals surface area contributed by atoms with Crippen LogP contribution in [0.3, 0.4) is 0 Å². The van der Waals surface area contributed by atoms with Gasteiger partial charge in [-0.25, -0.2) is 0 Å². The Hall–Kier alpha value is -3.14. The molecule has 25 heavy (non-hydrogen) atoms. The average Bonchev–Trinajstić information content (AvgIpc) is 2.61. The molecule has 1 amide bonds. The van der Waals surface area contributed by atoms with Crippen molar-refractivity contribution in [1.29, 1.82) is 0 Å². The molecule has 0 fully saturated rings. The molecule has 1 aromatic heterocycles. The number of aromatic hydroxyl groups is 1. The van der Waals surface area contributed by atoms with Crippen molar-refractivity contribution in [2.75, 3.05) is 5.32 Å². The number of rotatable bonds is 5. The predicted octanol–water partition coefficient (Wildman–Crippen LogP) is 4.76. The second kappa shape index (κ2) is 7.62. The van der Waals surface area contributed by atoms with Gasteiger partial charge in [-0.3, -0.25) is 9.78 Å². The van der Waals surface area contributed by atoms with Crippen LogP contribution in [0, 0.1) is 0 Å². The van der Waals surface area contributed by atoms with Crippen LogP contribution in [-0.2, 0) is 4.79 Å². The maximum Gasteiger partial charge on any atom is 0.228 e. The Morgan fingerprint density at radius 3 is 2.76 bits per heavy atom. The van der Waals surface area contributed by atoms with E-state index in [4.69, 9.17) is 0 Å². The van der Waals surface area contributed by atoms with Crippen molar-refractivity contribution in [2.24, 2.45) is 0 Å². The van der Waals surface area contributed by atoms with Gasteiger partial charge in [0, 0.05) is 18.0 Å². The second-order valence-electron chi connectivity index (χ2n) is 5.86. The fourth-order valence-electron chi connectivity index (χ4n) is 2.73. The number of nitrogens with zero attached hydrogens (tertiary/aromatic N) is 1. The number of carbonyl (C=O) groups is 1. The Kier molecular flexibility index (Phi) is 5.09. The summed E-state index contributed by atoms with van der Waals surface area (Å²) in [7, 11) is 0.